The highest BCUT2D eigenvalue weighted by Gasteiger charge is 2.55. The van der Waals surface area contributed by atoms with Crippen LogP contribution in [0.1, 0.15) is 32.1 Å². The fourth-order valence-corrected chi connectivity index (χ4v) is 7.89. The summed E-state index contributed by atoms with van der Waals surface area (Å²) in [5.41, 5.74) is 3.67. The van der Waals surface area contributed by atoms with Crippen LogP contribution in [0.5, 0.6) is 5.75 Å². The largest absolute Gasteiger partial charge is 0.483 e. The quantitative estimate of drug-likeness (QED) is 0.372. The van der Waals surface area contributed by atoms with Gasteiger partial charge in [0.25, 0.3) is 0 Å². The minimum atomic E-state index is -4.40. The summed E-state index contributed by atoms with van der Waals surface area (Å²) in [5, 5.41) is 14.3. The third-order valence-electron chi connectivity index (χ3n) is 9.40. The molecule has 220 valence electrons. The van der Waals surface area contributed by atoms with Crippen molar-refractivity contribution in [1.82, 2.24) is 10.3 Å². The Morgan fingerprint density at radius 1 is 0.976 bits per heavy atom. The molecule has 0 radical (unpaired) electrons. The van der Waals surface area contributed by atoms with E-state index in [1.54, 1.807) is 6.07 Å². The number of rotatable bonds is 5. The summed E-state index contributed by atoms with van der Waals surface area (Å²) >= 11 is 0. The number of aromatic nitrogens is 1. The number of halogens is 3. The van der Waals surface area contributed by atoms with Crippen LogP contribution in [0.3, 0.4) is 0 Å². The fourth-order valence-electron chi connectivity index (χ4n) is 7.89. The maximum absolute atomic E-state index is 13.7. The number of ether oxygens (including phenoxy) is 1. The van der Waals surface area contributed by atoms with E-state index in [0.29, 0.717) is 36.5 Å². The number of hydrogen-bond acceptors (Lipinski definition) is 5. The van der Waals surface area contributed by atoms with E-state index in [1.165, 1.54) is 12.3 Å². The molecule has 1 aromatic heterocycles. The third-order valence-corrected chi connectivity index (χ3v) is 9.40. The van der Waals surface area contributed by atoms with Gasteiger partial charge in [-0.2, -0.15) is 13.2 Å². The highest BCUT2D eigenvalue weighted by Crippen LogP contribution is 2.55. The number of alkyl halides is 3. The third kappa shape index (κ3) is 5.17. The van der Waals surface area contributed by atoms with Crippen molar-refractivity contribution >= 4 is 23.1 Å². The Bertz CT molecular complexity index is 1450. The number of para-hydroxylation sites is 2. The first-order chi connectivity index (χ1) is 20.1. The normalized spacial score (nSPS) is 28.0. The number of benzene rings is 2. The number of fused-ring (bicyclic) bond motifs is 1. The van der Waals surface area contributed by atoms with Crippen molar-refractivity contribution in [2.24, 2.45) is 17.8 Å². The second-order valence-electron chi connectivity index (χ2n) is 12.3. The zero-order chi connectivity index (χ0) is 29.1. The van der Waals surface area contributed by atoms with Crippen LogP contribution in [0.25, 0.3) is 11.3 Å². The van der Waals surface area contributed by atoms with Crippen molar-refractivity contribution in [1.29, 1.82) is 0 Å². The summed E-state index contributed by atoms with van der Waals surface area (Å²) in [4.78, 5) is 21.9. The standard InChI is InChI=1S/C32H33F3N4O3/c33-32(34,35)19-42-25-9-10-26(36-18-25)21-5-7-24(8-6-21)38-11-12-39(28-4-2-1-3-27(28)38)30(40)37-29-22-13-20-14-23(29)17-31(41,15-20)16-22/h1-10,18,20,22-23,29,41H,11-17,19H2,(H,37,40)/t20?,22-,23+,29?,31?. The first-order valence-corrected chi connectivity index (χ1v) is 14.6. The van der Waals surface area contributed by atoms with Crippen molar-refractivity contribution < 1.29 is 27.8 Å². The summed E-state index contributed by atoms with van der Waals surface area (Å²) in [6, 6.07) is 18.9. The summed E-state index contributed by atoms with van der Waals surface area (Å²) in [7, 11) is 0. The summed E-state index contributed by atoms with van der Waals surface area (Å²) < 4.78 is 42.0. The highest BCUT2D eigenvalue weighted by molar-refractivity contribution is 5.98. The van der Waals surface area contributed by atoms with E-state index in [-0.39, 0.29) is 17.8 Å². The van der Waals surface area contributed by atoms with Crippen LogP contribution in [-0.2, 0) is 0 Å². The molecule has 4 saturated carbocycles. The molecular weight excluding hydrogens is 545 g/mol. The number of hydrogen-bond donors (Lipinski definition) is 2. The van der Waals surface area contributed by atoms with Gasteiger partial charge in [0.2, 0.25) is 0 Å². The molecule has 1 aliphatic heterocycles. The van der Waals surface area contributed by atoms with Gasteiger partial charge in [0, 0.05) is 30.4 Å². The van der Waals surface area contributed by atoms with Gasteiger partial charge in [-0.15, -0.1) is 0 Å². The van der Waals surface area contributed by atoms with Crippen LogP contribution in [0.15, 0.2) is 66.9 Å². The predicted octanol–water partition coefficient (Wildman–Crippen LogP) is 6.30. The Morgan fingerprint density at radius 2 is 1.69 bits per heavy atom. The van der Waals surface area contributed by atoms with Gasteiger partial charge in [0.1, 0.15) is 5.75 Å². The Labute approximate surface area is 242 Å². The molecule has 7 nitrogen and oxygen atoms in total. The smallest absolute Gasteiger partial charge is 0.422 e. The van der Waals surface area contributed by atoms with Crippen molar-refractivity contribution in [3.8, 4) is 17.0 Å². The van der Waals surface area contributed by atoms with Crippen molar-refractivity contribution in [2.75, 3.05) is 29.5 Å². The first-order valence-electron chi connectivity index (χ1n) is 14.6. The van der Waals surface area contributed by atoms with E-state index in [1.807, 2.05) is 53.4 Å². The highest BCUT2D eigenvalue weighted by atomic mass is 19.4. The number of urea groups is 1. The number of pyridine rings is 1. The second kappa shape index (κ2) is 10.2. The van der Waals surface area contributed by atoms with E-state index in [0.717, 1.165) is 54.7 Å². The Morgan fingerprint density at radius 3 is 2.33 bits per heavy atom. The average molecular weight is 579 g/mol. The van der Waals surface area contributed by atoms with Crippen LogP contribution >= 0.6 is 0 Å². The molecule has 3 unspecified atom stereocenters. The molecule has 8 rings (SSSR count). The zero-order valence-corrected chi connectivity index (χ0v) is 23.1. The lowest BCUT2D eigenvalue weighted by Crippen LogP contribution is -2.63. The molecule has 4 bridgehead atoms. The maximum Gasteiger partial charge on any atom is 0.422 e. The van der Waals surface area contributed by atoms with Crippen molar-refractivity contribution in [3.05, 3.63) is 66.9 Å². The summed E-state index contributed by atoms with van der Waals surface area (Å²) in [6.45, 7) is -0.210. The molecular formula is C32H33F3N4O3. The lowest BCUT2D eigenvalue weighted by Gasteiger charge is -2.58. The Balaban J connectivity index is 1.05. The molecule has 10 heteroatoms. The number of carbonyl (C=O) groups excluding carboxylic acids is 1. The number of aliphatic hydroxyl groups is 1. The minimum absolute atomic E-state index is 0.0619. The van der Waals surface area contributed by atoms with Crippen LogP contribution < -0.4 is 19.9 Å². The van der Waals surface area contributed by atoms with E-state index in [9.17, 15) is 23.1 Å². The predicted molar refractivity (Wildman–Crippen MR) is 153 cm³/mol. The van der Waals surface area contributed by atoms with E-state index in [2.05, 4.69) is 15.2 Å². The molecule has 2 amide bonds. The number of nitrogens with one attached hydrogen (secondary N) is 1. The summed E-state index contributed by atoms with van der Waals surface area (Å²) in [5.74, 6) is 1.34. The minimum Gasteiger partial charge on any atom is -0.483 e. The van der Waals surface area contributed by atoms with Gasteiger partial charge >= 0.3 is 12.2 Å². The molecule has 5 aliphatic rings. The topological polar surface area (TPSA) is 77.9 Å². The number of anilines is 3. The zero-order valence-electron chi connectivity index (χ0n) is 23.1. The molecule has 42 heavy (non-hydrogen) atoms. The van der Waals surface area contributed by atoms with Crippen LogP contribution in [0, 0.1) is 17.8 Å². The van der Waals surface area contributed by atoms with Gasteiger partial charge in [-0.25, -0.2) is 4.79 Å². The lowest BCUT2D eigenvalue weighted by molar-refractivity contribution is -0.153. The SMILES string of the molecule is O=C(NC1[C@@H]2CC3C[C@H]1CC(O)(C3)C2)N1CCN(c2ccc(-c3ccc(OCC(F)(F)F)cn3)cc2)c2ccccc21. The molecule has 2 N–H and O–H groups in total. The summed E-state index contributed by atoms with van der Waals surface area (Å²) in [6.07, 6.45) is 1.57. The van der Waals surface area contributed by atoms with E-state index in [4.69, 9.17) is 4.74 Å². The van der Waals surface area contributed by atoms with Gasteiger partial charge < -0.3 is 20.1 Å². The van der Waals surface area contributed by atoms with Crippen molar-refractivity contribution in [2.45, 2.75) is 49.9 Å². The Hall–Kier alpha value is -3.79. The molecule has 4 aliphatic carbocycles. The monoisotopic (exact) mass is 578 g/mol. The van der Waals surface area contributed by atoms with Gasteiger partial charge in [0.05, 0.1) is 28.9 Å². The van der Waals surface area contributed by atoms with Crippen LogP contribution in [0.4, 0.5) is 35.0 Å². The molecule has 0 spiro atoms. The molecule has 2 aromatic carbocycles. The molecule has 2 heterocycles. The van der Waals surface area contributed by atoms with Gasteiger partial charge in [-0.1, -0.05) is 24.3 Å². The molecule has 0 saturated heterocycles. The van der Waals surface area contributed by atoms with Gasteiger partial charge in [-0.05, 0) is 86.3 Å². The van der Waals surface area contributed by atoms with E-state index >= 15 is 0 Å². The fraction of sp³-hybridized carbons (Fsp3) is 0.438. The molecule has 5 atom stereocenters. The number of nitrogens with zero attached hydrogens (tertiary/aromatic N) is 3. The number of carbonyl (C=O) groups is 1. The van der Waals surface area contributed by atoms with Gasteiger partial charge in [-0.3, -0.25) is 9.88 Å². The van der Waals surface area contributed by atoms with Crippen LogP contribution in [0.2, 0.25) is 0 Å². The maximum atomic E-state index is 13.7. The average Bonchev–Trinajstić information content (AvgIpc) is 2.96. The molecule has 4 fully saturated rings. The molecule has 3 aromatic rings. The first kappa shape index (κ1) is 27.1. The number of amides is 2. The van der Waals surface area contributed by atoms with Crippen LogP contribution in [-0.4, -0.2) is 53.6 Å². The van der Waals surface area contributed by atoms with Gasteiger partial charge in [0.15, 0.2) is 6.61 Å². The Kier molecular flexibility index (Phi) is 6.56. The lowest BCUT2D eigenvalue weighted by atomic mass is 9.52. The van der Waals surface area contributed by atoms with Crippen molar-refractivity contribution in [3.63, 3.8) is 0 Å². The second-order valence-corrected chi connectivity index (χ2v) is 12.3. The van der Waals surface area contributed by atoms with E-state index < -0.39 is 18.4 Å².